The summed E-state index contributed by atoms with van der Waals surface area (Å²) in [4.78, 5) is 15.5. The summed E-state index contributed by atoms with van der Waals surface area (Å²) in [6.45, 7) is 0. The fourth-order valence-electron chi connectivity index (χ4n) is 2.16. The molecule has 3 nitrogen and oxygen atoms in total. The van der Waals surface area contributed by atoms with Crippen LogP contribution in [0.15, 0.2) is 12.1 Å². The Morgan fingerprint density at radius 3 is 2.71 bits per heavy atom. The first kappa shape index (κ1) is 12.4. The molecule has 0 radical (unpaired) electrons. The third kappa shape index (κ3) is 3.47. The van der Waals surface area contributed by atoms with Crippen LogP contribution < -0.4 is 10.8 Å². The van der Waals surface area contributed by atoms with Gasteiger partial charge < -0.3 is 5.32 Å². The van der Waals surface area contributed by atoms with Crippen LogP contribution in [0, 0.1) is 5.95 Å². The first-order valence-electron chi connectivity index (χ1n) is 5.89. The Morgan fingerprint density at radius 2 is 2.06 bits per heavy atom. The van der Waals surface area contributed by atoms with Crippen LogP contribution in [0.2, 0.25) is 0 Å². The summed E-state index contributed by atoms with van der Waals surface area (Å²) in [6.07, 6.45) is 5.60. The Labute approximate surface area is 102 Å². The second-order valence-corrected chi connectivity index (χ2v) is 5.00. The summed E-state index contributed by atoms with van der Waals surface area (Å²) >= 11 is 0. The van der Waals surface area contributed by atoms with Crippen LogP contribution in [0.3, 0.4) is 0 Å². The lowest BCUT2D eigenvalue weighted by Crippen LogP contribution is -2.36. The van der Waals surface area contributed by atoms with Crippen LogP contribution in [0.4, 0.5) is 4.39 Å². The minimum Gasteiger partial charge on any atom is -0.349 e. The van der Waals surface area contributed by atoms with Crippen molar-refractivity contribution < 1.29 is 9.18 Å². The fourth-order valence-corrected chi connectivity index (χ4v) is 2.47. The molecule has 1 N–H and O–H groups in total. The average Bonchev–Trinajstić information content (AvgIpc) is 2.29. The maximum Gasteiger partial charge on any atom is 0.251 e. The third-order valence-corrected chi connectivity index (χ3v) is 3.31. The Hall–Kier alpha value is -1.02. The SMILES string of the molecule is O=C(NC1CCCCC1)c1cc(F)nc(P)c1. The van der Waals surface area contributed by atoms with E-state index in [9.17, 15) is 9.18 Å². The number of hydrogen-bond donors (Lipinski definition) is 1. The zero-order valence-electron chi connectivity index (χ0n) is 9.58. The molecular weight excluding hydrogens is 238 g/mol. The van der Waals surface area contributed by atoms with E-state index in [1.165, 1.54) is 12.5 Å². The molecule has 1 unspecified atom stereocenters. The van der Waals surface area contributed by atoms with Gasteiger partial charge in [-0.25, -0.2) is 4.98 Å². The van der Waals surface area contributed by atoms with Gasteiger partial charge in [0.15, 0.2) is 0 Å². The first-order valence-corrected chi connectivity index (χ1v) is 6.47. The van der Waals surface area contributed by atoms with Crippen molar-refractivity contribution in [3.63, 3.8) is 0 Å². The van der Waals surface area contributed by atoms with Crippen molar-refractivity contribution in [1.82, 2.24) is 10.3 Å². The molecule has 2 rings (SSSR count). The van der Waals surface area contributed by atoms with Gasteiger partial charge in [-0.1, -0.05) is 28.5 Å². The van der Waals surface area contributed by atoms with E-state index in [4.69, 9.17) is 0 Å². The number of aromatic nitrogens is 1. The lowest BCUT2D eigenvalue weighted by Gasteiger charge is -2.22. The van der Waals surface area contributed by atoms with Gasteiger partial charge in [0.05, 0.1) is 5.44 Å². The number of nitrogens with one attached hydrogen (secondary N) is 1. The van der Waals surface area contributed by atoms with E-state index in [2.05, 4.69) is 19.5 Å². The normalized spacial score (nSPS) is 16.8. The van der Waals surface area contributed by atoms with Crippen molar-refractivity contribution in [2.24, 2.45) is 0 Å². The molecule has 1 aliphatic rings. The van der Waals surface area contributed by atoms with Gasteiger partial charge in [0.25, 0.3) is 5.91 Å². The molecule has 1 heterocycles. The van der Waals surface area contributed by atoms with E-state index in [-0.39, 0.29) is 11.9 Å². The molecule has 1 aromatic rings. The molecule has 5 heteroatoms. The van der Waals surface area contributed by atoms with Crippen LogP contribution in [-0.2, 0) is 0 Å². The van der Waals surface area contributed by atoms with Crippen molar-refractivity contribution in [2.45, 2.75) is 38.1 Å². The highest BCUT2D eigenvalue weighted by atomic mass is 31.0. The second-order valence-electron chi connectivity index (χ2n) is 4.41. The lowest BCUT2D eigenvalue weighted by atomic mass is 9.95. The van der Waals surface area contributed by atoms with Crippen molar-refractivity contribution in [2.75, 3.05) is 0 Å². The van der Waals surface area contributed by atoms with Crippen LogP contribution in [0.5, 0.6) is 0 Å². The highest BCUT2D eigenvalue weighted by Gasteiger charge is 2.17. The molecule has 1 fully saturated rings. The van der Waals surface area contributed by atoms with E-state index in [1.54, 1.807) is 6.07 Å². The van der Waals surface area contributed by atoms with Crippen LogP contribution >= 0.6 is 9.24 Å². The van der Waals surface area contributed by atoms with E-state index >= 15 is 0 Å². The number of carbonyl (C=O) groups excluding carboxylic acids is 1. The van der Waals surface area contributed by atoms with Crippen molar-refractivity contribution in [1.29, 1.82) is 0 Å². The summed E-state index contributed by atoms with van der Waals surface area (Å²) in [6, 6.07) is 2.98. The highest BCUT2D eigenvalue weighted by molar-refractivity contribution is 7.26. The van der Waals surface area contributed by atoms with Crippen molar-refractivity contribution >= 4 is 20.6 Å². The molecule has 0 bridgehead atoms. The molecule has 17 heavy (non-hydrogen) atoms. The molecule has 92 valence electrons. The quantitative estimate of drug-likeness (QED) is 0.645. The second kappa shape index (κ2) is 5.54. The van der Waals surface area contributed by atoms with Gasteiger partial charge >= 0.3 is 0 Å². The van der Waals surface area contributed by atoms with E-state index in [0.717, 1.165) is 25.7 Å². The molecule has 1 aromatic heterocycles. The van der Waals surface area contributed by atoms with Gasteiger partial charge in [0, 0.05) is 17.7 Å². The van der Waals surface area contributed by atoms with Gasteiger partial charge in [-0.15, -0.1) is 0 Å². The predicted molar refractivity (Wildman–Crippen MR) is 67.9 cm³/mol. The maximum atomic E-state index is 13.1. The van der Waals surface area contributed by atoms with Gasteiger partial charge in [-0.05, 0) is 18.9 Å². The zero-order valence-corrected chi connectivity index (χ0v) is 10.7. The minimum absolute atomic E-state index is 0.207. The molecule has 1 saturated carbocycles. The maximum absolute atomic E-state index is 13.1. The first-order chi connectivity index (χ1) is 8.15. The van der Waals surface area contributed by atoms with Crippen LogP contribution in [0.1, 0.15) is 42.5 Å². The number of pyridine rings is 1. The monoisotopic (exact) mass is 254 g/mol. The fraction of sp³-hybridized carbons (Fsp3) is 0.500. The van der Waals surface area contributed by atoms with Crippen molar-refractivity contribution in [3.05, 3.63) is 23.6 Å². The Bertz CT molecular complexity index is 399. The summed E-state index contributed by atoms with van der Waals surface area (Å²) in [5.74, 6) is -0.826. The van der Waals surface area contributed by atoms with Gasteiger partial charge in [0.2, 0.25) is 5.95 Å². The van der Waals surface area contributed by atoms with Crippen LogP contribution in [-0.4, -0.2) is 16.9 Å². The van der Waals surface area contributed by atoms with Crippen LogP contribution in [0.25, 0.3) is 0 Å². The molecule has 1 amide bonds. The number of rotatable bonds is 2. The largest absolute Gasteiger partial charge is 0.349 e. The molecule has 0 aromatic carbocycles. The summed E-state index contributed by atoms with van der Waals surface area (Å²) in [5.41, 5.74) is 0.784. The van der Waals surface area contributed by atoms with E-state index in [0.29, 0.717) is 11.0 Å². The molecule has 0 spiro atoms. The minimum atomic E-state index is -0.619. The Kier molecular flexibility index (Phi) is 4.06. The van der Waals surface area contributed by atoms with Crippen molar-refractivity contribution in [3.8, 4) is 0 Å². The molecule has 1 aliphatic carbocycles. The van der Waals surface area contributed by atoms with Gasteiger partial charge in [-0.2, -0.15) is 4.39 Å². The molecule has 0 aliphatic heterocycles. The zero-order chi connectivity index (χ0) is 12.3. The standard InChI is InChI=1S/C12H16FN2OP/c13-10-6-8(7-11(17)15-10)12(16)14-9-4-2-1-3-5-9/h6-7,9H,1-5,17H2,(H,14,16). The summed E-state index contributed by atoms with van der Waals surface area (Å²) in [5, 5.41) is 2.95. The molecule has 1 atom stereocenters. The third-order valence-electron chi connectivity index (χ3n) is 3.02. The Balaban J connectivity index is 2.03. The summed E-state index contributed by atoms with van der Waals surface area (Å²) in [7, 11) is 2.30. The number of carbonyl (C=O) groups is 1. The lowest BCUT2D eigenvalue weighted by molar-refractivity contribution is 0.0927. The average molecular weight is 254 g/mol. The van der Waals surface area contributed by atoms with Gasteiger partial charge in [0.1, 0.15) is 0 Å². The summed E-state index contributed by atoms with van der Waals surface area (Å²) < 4.78 is 13.1. The van der Waals surface area contributed by atoms with Gasteiger partial charge in [-0.3, -0.25) is 4.79 Å². The topological polar surface area (TPSA) is 42.0 Å². The Morgan fingerprint density at radius 1 is 1.35 bits per heavy atom. The molecular formula is C12H16FN2OP. The smallest absolute Gasteiger partial charge is 0.251 e. The number of halogens is 1. The number of amides is 1. The highest BCUT2D eigenvalue weighted by Crippen LogP contribution is 2.17. The molecule has 0 saturated heterocycles. The predicted octanol–water partition coefficient (Wildman–Crippen LogP) is 1.78. The van der Waals surface area contributed by atoms with E-state index in [1.807, 2.05) is 0 Å². The number of hydrogen-bond acceptors (Lipinski definition) is 2. The number of nitrogens with zero attached hydrogens (tertiary/aromatic N) is 1. The van der Waals surface area contributed by atoms with E-state index < -0.39 is 5.95 Å².